The highest BCUT2D eigenvalue weighted by Crippen LogP contribution is 2.53. The van der Waals surface area contributed by atoms with E-state index in [9.17, 15) is 13.2 Å². The number of hydrogen-bond donors (Lipinski definition) is 0. The monoisotopic (exact) mass is 534 g/mol. The van der Waals surface area contributed by atoms with Crippen molar-refractivity contribution in [3.63, 3.8) is 0 Å². The summed E-state index contributed by atoms with van der Waals surface area (Å²) < 4.78 is 88.8. The van der Waals surface area contributed by atoms with E-state index in [2.05, 4.69) is 11.7 Å². The summed E-state index contributed by atoms with van der Waals surface area (Å²) in [5.41, 5.74) is 1.14. The molecule has 0 N–H and O–H groups in total. The number of alkyl halides is 5. The van der Waals surface area contributed by atoms with Gasteiger partial charge >= 0.3 is 6.36 Å². The Kier molecular flexibility index (Phi) is 7.09. The maximum absolute atomic E-state index is 15.3. The predicted octanol–water partition coefficient (Wildman–Crippen LogP) is 7.58. The molecule has 0 bridgehead atoms. The summed E-state index contributed by atoms with van der Waals surface area (Å²) >= 11 is 0. The van der Waals surface area contributed by atoms with Crippen molar-refractivity contribution in [3.8, 4) is 33.8 Å². The predicted molar refractivity (Wildman–Crippen MR) is 131 cm³/mol. The maximum atomic E-state index is 15.3. The van der Waals surface area contributed by atoms with E-state index in [1.165, 1.54) is 12.1 Å². The Morgan fingerprint density at radius 1 is 0.789 bits per heavy atom. The summed E-state index contributed by atoms with van der Waals surface area (Å²) in [5.74, 6) is -3.46. The largest absolute Gasteiger partial charge is 0.573 e. The highest BCUT2D eigenvalue weighted by Gasteiger charge is 2.45. The van der Waals surface area contributed by atoms with Crippen molar-refractivity contribution in [3.05, 3.63) is 71.8 Å². The van der Waals surface area contributed by atoms with E-state index >= 15 is 8.78 Å². The zero-order valence-corrected chi connectivity index (χ0v) is 20.7. The van der Waals surface area contributed by atoms with Crippen LogP contribution < -0.4 is 9.47 Å². The van der Waals surface area contributed by atoms with Gasteiger partial charge in [0.1, 0.15) is 11.5 Å². The van der Waals surface area contributed by atoms with Gasteiger partial charge in [0.05, 0.1) is 26.4 Å². The van der Waals surface area contributed by atoms with Crippen LogP contribution in [0.5, 0.6) is 11.5 Å². The Morgan fingerprint density at radius 2 is 1.39 bits per heavy atom. The van der Waals surface area contributed by atoms with E-state index in [0.29, 0.717) is 31.1 Å². The summed E-state index contributed by atoms with van der Waals surface area (Å²) in [6.07, 6.45) is -3.24. The average Bonchev–Trinajstić information content (AvgIpc) is 3.07. The van der Waals surface area contributed by atoms with Gasteiger partial charge in [-0.2, -0.15) is 8.78 Å². The Hall–Kier alpha value is -3.17. The zero-order chi connectivity index (χ0) is 27.0. The van der Waals surface area contributed by atoms with Crippen LogP contribution in [-0.2, 0) is 15.4 Å². The fourth-order valence-electron chi connectivity index (χ4n) is 4.67. The number of ether oxygens (including phenoxy) is 4. The fraction of sp³-hybridized carbons (Fsp3) is 0.379. The van der Waals surface area contributed by atoms with Crippen molar-refractivity contribution in [2.75, 3.05) is 33.0 Å². The highest BCUT2D eigenvalue weighted by atomic mass is 19.4. The average molecular weight is 535 g/mol. The van der Waals surface area contributed by atoms with E-state index in [1.807, 2.05) is 0 Å². The molecule has 3 aromatic rings. The van der Waals surface area contributed by atoms with Gasteiger partial charge in [-0.05, 0) is 65.4 Å². The van der Waals surface area contributed by atoms with Crippen molar-refractivity contribution in [1.29, 1.82) is 0 Å². The SMILES string of the molecule is CC1(COCCCCOc2ccc(-c3ccc4c(c3)C(F)(F)c3cc(OC(F)(F)F)ccc3-4)cc2)COC1. The van der Waals surface area contributed by atoms with Crippen LogP contribution in [0.1, 0.15) is 30.9 Å². The molecule has 1 aliphatic heterocycles. The standard InChI is InChI=1S/C29H27F5O4/c1-27(17-36-18-27)16-35-12-2-3-13-37-21-7-4-19(5-8-21)20-6-10-23-24-11-9-22(38-29(32,33)34)15-26(24)28(30,31)25(23)14-20/h4-11,14-15H,2-3,12-13,16-18H2,1H3. The fourth-order valence-corrected chi connectivity index (χ4v) is 4.67. The molecule has 9 heteroatoms. The maximum Gasteiger partial charge on any atom is 0.573 e. The first kappa shape index (κ1) is 26.4. The third-order valence-corrected chi connectivity index (χ3v) is 6.70. The lowest BCUT2D eigenvalue weighted by Gasteiger charge is -2.37. The molecule has 4 nitrogen and oxygen atoms in total. The molecule has 202 valence electrons. The Bertz CT molecular complexity index is 1280. The van der Waals surface area contributed by atoms with Gasteiger partial charge in [0.2, 0.25) is 0 Å². The van der Waals surface area contributed by atoms with Crippen LogP contribution in [-0.4, -0.2) is 39.4 Å². The van der Waals surface area contributed by atoms with Crippen LogP contribution in [0.2, 0.25) is 0 Å². The zero-order valence-electron chi connectivity index (χ0n) is 20.7. The van der Waals surface area contributed by atoms with Crippen LogP contribution in [0.4, 0.5) is 22.0 Å². The quantitative estimate of drug-likeness (QED) is 0.198. The van der Waals surface area contributed by atoms with E-state index in [4.69, 9.17) is 14.2 Å². The minimum atomic E-state index is -4.96. The molecular formula is C29H27F5O4. The molecular weight excluding hydrogens is 507 g/mol. The molecule has 0 radical (unpaired) electrons. The molecule has 0 atom stereocenters. The van der Waals surface area contributed by atoms with E-state index < -0.39 is 23.6 Å². The summed E-state index contributed by atoms with van der Waals surface area (Å²) in [7, 11) is 0. The lowest BCUT2D eigenvalue weighted by Crippen LogP contribution is -2.43. The molecule has 1 heterocycles. The number of fused-ring (bicyclic) bond motifs is 3. The van der Waals surface area contributed by atoms with Gasteiger partial charge in [0, 0.05) is 23.1 Å². The van der Waals surface area contributed by atoms with Gasteiger partial charge in [-0.1, -0.05) is 37.3 Å². The summed E-state index contributed by atoms with van der Waals surface area (Å²) in [6.45, 7) is 5.53. The molecule has 5 rings (SSSR count). The Balaban J connectivity index is 1.19. The number of unbranched alkanes of at least 4 members (excludes halogenated alkanes) is 1. The molecule has 1 saturated heterocycles. The van der Waals surface area contributed by atoms with Gasteiger partial charge in [-0.15, -0.1) is 13.2 Å². The molecule has 38 heavy (non-hydrogen) atoms. The molecule has 0 saturated carbocycles. The second-order valence-corrected chi connectivity index (χ2v) is 10.0. The van der Waals surface area contributed by atoms with Crippen LogP contribution in [0.3, 0.4) is 0 Å². The summed E-state index contributed by atoms with van der Waals surface area (Å²) in [6, 6.07) is 14.8. The van der Waals surface area contributed by atoms with Gasteiger partial charge in [0.15, 0.2) is 0 Å². The number of benzene rings is 3. The second-order valence-electron chi connectivity index (χ2n) is 10.0. The van der Waals surface area contributed by atoms with Crippen LogP contribution in [0.15, 0.2) is 60.7 Å². The van der Waals surface area contributed by atoms with E-state index in [0.717, 1.165) is 43.8 Å². The smallest absolute Gasteiger partial charge is 0.494 e. The minimum absolute atomic E-state index is 0.145. The van der Waals surface area contributed by atoms with Gasteiger partial charge in [0.25, 0.3) is 5.92 Å². The van der Waals surface area contributed by atoms with Crippen LogP contribution in [0, 0.1) is 5.41 Å². The van der Waals surface area contributed by atoms with Crippen molar-refractivity contribution >= 4 is 0 Å². The van der Waals surface area contributed by atoms with Gasteiger partial charge < -0.3 is 18.9 Å². The van der Waals surface area contributed by atoms with Crippen molar-refractivity contribution in [2.45, 2.75) is 32.1 Å². The first-order chi connectivity index (χ1) is 18.0. The number of halogens is 5. The van der Waals surface area contributed by atoms with Crippen molar-refractivity contribution in [2.24, 2.45) is 5.41 Å². The second kappa shape index (κ2) is 10.2. The molecule has 1 aliphatic carbocycles. The third-order valence-electron chi connectivity index (χ3n) is 6.70. The summed E-state index contributed by atoms with van der Waals surface area (Å²) in [4.78, 5) is 0. The highest BCUT2D eigenvalue weighted by molar-refractivity contribution is 5.83. The Morgan fingerprint density at radius 3 is 2.05 bits per heavy atom. The minimum Gasteiger partial charge on any atom is -0.494 e. The number of hydrogen-bond acceptors (Lipinski definition) is 4. The molecule has 1 fully saturated rings. The molecule has 0 spiro atoms. The molecule has 2 aliphatic rings. The van der Waals surface area contributed by atoms with Crippen LogP contribution in [0.25, 0.3) is 22.3 Å². The van der Waals surface area contributed by atoms with E-state index in [-0.39, 0.29) is 22.1 Å². The van der Waals surface area contributed by atoms with Crippen molar-refractivity contribution < 1.29 is 40.9 Å². The van der Waals surface area contributed by atoms with Crippen molar-refractivity contribution in [1.82, 2.24) is 0 Å². The normalized spacial score (nSPS) is 16.9. The molecule has 0 unspecified atom stereocenters. The lowest BCUT2D eigenvalue weighted by atomic mass is 9.90. The van der Waals surface area contributed by atoms with Gasteiger partial charge in [-0.25, -0.2) is 0 Å². The first-order valence-electron chi connectivity index (χ1n) is 12.4. The first-order valence-corrected chi connectivity index (χ1v) is 12.4. The topological polar surface area (TPSA) is 36.9 Å². The third kappa shape index (κ3) is 5.63. The van der Waals surface area contributed by atoms with E-state index in [1.54, 1.807) is 36.4 Å². The summed E-state index contributed by atoms with van der Waals surface area (Å²) in [5, 5.41) is 0. The molecule has 0 aromatic heterocycles. The Labute approximate surface area is 217 Å². The number of rotatable bonds is 10. The lowest BCUT2D eigenvalue weighted by molar-refractivity contribution is -0.274. The van der Waals surface area contributed by atoms with Crippen LogP contribution >= 0.6 is 0 Å². The molecule has 0 amide bonds. The van der Waals surface area contributed by atoms with Gasteiger partial charge in [-0.3, -0.25) is 0 Å². The molecule has 3 aromatic carbocycles.